The highest BCUT2D eigenvalue weighted by atomic mass is 16.5. The molecular weight excluding hydrogens is 466 g/mol. The lowest BCUT2D eigenvalue weighted by Crippen LogP contribution is -2.48. The Morgan fingerprint density at radius 2 is 1.46 bits per heavy atom. The van der Waals surface area contributed by atoms with Crippen molar-refractivity contribution in [2.24, 2.45) is 0 Å². The van der Waals surface area contributed by atoms with E-state index in [9.17, 15) is 4.79 Å². The Hall–Kier alpha value is -4.10. The smallest absolute Gasteiger partial charge is 0.254 e. The van der Waals surface area contributed by atoms with Gasteiger partial charge in [-0.15, -0.1) is 0 Å². The molecule has 0 aliphatic carbocycles. The molecule has 190 valence electrons. The molecule has 7 heteroatoms. The van der Waals surface area contributed by atoms with Gasteiger partial charge in [0.2, 0.25) is 5.75 Å². The first-order valence-corrected chi connectivity index (χ1v) is 12.4. The van der Waals surface area contributed by atoms with Crippen molar-refractivity contribution >= 4 is 16.8 Å². The number of fused-ring (bicyclic) bond motifs is 1. The molecule has 0 N–H and O–H groups in total. The number of amides is 1. The van der Waals surface area contributed by atoms with Gasteiger partial charge in [0.15, 0.2) is 11.5 Å². The van der Waals surface area contributed by atoms with Crippen molar-refractivity contribution in [2.75, 3.05) is 47.5 Å². The maximum absolute atomic E-state index is 13.8. The topological polar surface area (TPSA) is 64.1 Å². The minimum atomic E-state index is 0.0200. The van der Waals surface area contributed by atoms with E-state index in [1.807, 2.05) is 53.4 Å². The van der Waals surface area contributed by atoms with Gasteiger partial charge in [0.25, 0.3) is 5.91 Å². The lowest BCUT2D eigenvalue weighted by Gasteiger charge is -2.35. The van der Waals surface area contributed by atoms with Crippen LogP contribution in [0.3, 0.4) is 0 Å². The standard InChI is InChI=1S/C30H31N3O4/c1-35-27-17-22(18-28(36-2)29(27)37-3)26-19-24(23-11-7-8-12-25(23)31-26)30(34)33-15-13-32(14-16-33)20-21-9-5-4-6-10-21/h4-12,17-19H,13-16,20H2,1-3H3. The molecule has 5 rings (SSSR count). The lowest BCUT2D eigenvalue weighted by atomic mass is 10.0. The van der Waals surface area contributed by atoms with Crippen LogP contribution in [0.25, 0.3) is 22.2 Å². The highest BCUT2D eigenvalue weighted by Crippen LogP contribution is 2.41. The molecule has 1 amide bonds. The molecule has 1 saturated heterocycles. The molecule has 0 saturated carbocycles. The Balaban J connectivity index is 1.45. The predicted octanol–water partition coefficient (Wildman–Crippen LogP) is 4.89. The zero-order valence-corrected chi connectivity index (χ0v) is 21.4. The number of rotatable bonds is 7. The summed E-state index contributed by atoms with van der Waals surface area (Å²) in [4.78, 5) is 23.0. The second kappa shape index (κ2) is 10.9. The summed E-state index contributed by atoms with van der Waals surface area (Å²) in [6, 6.07) is 23.8. The van der Waals surface area contributed by atoms with Crippen LogP contribution in [0.4, 0.5) is 0 Å². The molecule has 0 atom stereocenters. The molecule has 0 spiro atoms. The lowest BCUT2D eigenvalue weighted by molar-refractivity contribution is 0.0630. The molecule has 37 heavy (non-hydrogen) atoms. The van der Waals surface area contributed by atoms with E-state index in [1.54, 1.807) is 21.3 Å². The van der Waals surface area contributed by atoms with Crippen LogP contribution in [-0.2, 0) is 6.54 Å². The largest absolute Gasteiger partial charge is 0.493 e. The summed E-state index contributed by atoms with van der Waals surface area (Å²) in [5.41, 5.74) is 4.15. The molecule has 7 nitrogen and oxygen atoms in total. The van der Waals surface area contributed by atoms with Crippen LogP contribution in [0.1, 0.15) is 15.9 Å². The van der Waals surface area contributed by atoms with Crippen LogP contribution >= 0.6 is 0 Å². The van der Waals surface area contributed by atoms with Gasteiger partial charge in [0.1, 0.15) is 0 Å². The van der Waals surface area contributed by atoms with Crippen LogP contribution in [0.2, 0.25) is 0 Å². The van der Waals surface area contributed by atoms with Crippen LogP contribution in [-0.4, -0.2) is 68.2 Å². The van der Waals surface area contributed by atoms with Crippen molar-refractivity contribution in [1.29, 1.82) is 0 Å². The molecule has 0 radical (unpaired) electrons. The predicted molar refractivity (Wildman–Crippen MR) is 144 cm³/mol. The van der Waals surface area contributed by atoms with Gasteiger partial charge in [-0.25, -0.2) is 4.98 Å². The highest BCUT2D eigenvalue weighted by Gasteiger charge is 2.25. The van der Waals surface area contributed by atoms with E-state index in [1.165, 1.54) is 5.56 Å². The number of aromatic nitrogens is 1. The molecule has 0 bridgehead atoms. The minimum Gasteiger partial charge on any atom is -0.493 e. The number of carbonyl (C=O) groups is 1. The number of pyridine rings is 1. The van der Waals surface area contributed by atoms with Crippen LogP contribution in [0.5, 0.6) is 17.2 Å². The molecular formula is C30H31N3O4. The Labute approximate surface area is 217 Å². The first kappa shape index (κ1) is 24.6. The summed E-state index contributed by atoms with van der Waals surface area (Å²) < 4.78 is 16.6. The minimum absolute atomic E-state index is 0.0200. The van der Waals surface area contributed by atoms with Crippen molar-refractivity contribution in [1.82, 2.24) is 14.8 Å². The van der Waals surface area contributed by atoms with Crippen molar-refractivity contribution in [3.05, 3.63) is 83.9 Å². The first-order valence-electron chi connectivity index (χ1n) is 12.4. The fourth-order valence-corrected chi connectivity index (χ4v) is 4.85. The summed E-state index contributed by atoms with van der Waals surface area (Å²) >= 11 is 0. The summed E-state index contributed by atoms with van der Waals surface area (Å²) in [7, 11) is 4.74. The molecule has 1 fully saturated rings. The molecule has 0 unspecified atom stereocenters. The van der Waals surface area contributed by atoms with Crippen molar-refractivity contribution in [3.63, 3.8) is 0 Å². The molecule has 2 heterocycles. The number of carbonyl (C=O) groups excluding carboxylic acids is 1. The normalized spacial score (nSPS) is 14.0. The highest BCUT2D eigenvalue weighted by molar-refractivity contribution is 6.07. The summed E-state index contributed by atoms with van der Waals surface area (Å²) in [6.45, 7) is 3.93. The average Bonchev–Trinajstić information content (AvgIpc) is 2.96. The first-order chi connectivity index (χ1) is 18.1. The summed E-state index contributed by atoms with van der Waals surface area (Å²) in [6.07, 6.45) is 0. The van der Waals surface area contributed by atoms with Crippen molar-refractivity contribution in [3.8, 4) is 28.5 Å². The molecule has 1 aromatic heterocycles. The fraction of sp³-hybridized carbons (Fsp3) is 0.267. The quantitative estimate of drug-likeness (QED) is 0.363. The van der Waals surface area contributed by atoms with E-state index in [2.05, 4.69) is 29.2 Å². The van der Waals surface area contributed by atoms with Crippen molar-refractivity contribution < 1.29 is 19.0 Å². The van der Waals surface area contributed by atoms with E-state index in [4.69, 9.17) is 19.2 Å². The van der Waals surface area contributed by atoms with E-state index in [0.717, 1.165) is 36.1 Å². The molecule has 4 aromatic rings. The third-order valence-electron chi connectivity index (χ3n) is 6.82. The van der Waals surface area contributed by atoms with E-state index < -0.39 is 0 Å². The zero-order chi connectivity index (χ0) is 25.8. The van der Waals surface area contributed by atoms with E-state index in [0.29, 0.717) is 41.6 Å². The molecule has 1 aliphatic heterocycles. The summed E-state index contributed by atoms with van der Waals surface area (Å²) in [5, 5.41) is 0.843. The van der Waals surface area contributed by atoms with Gasteiger partial charge in [0.05, 0.1) is 38.1 Å². The number of benzene rings is 3. The number of ether oxygens (including phenoxy) is 3. The van der Waals surface area contributed by atoms with E-state index >= 15 is 0 Å². The van der Waals surface area contributed by atoms with Gasteiger partial charge in [-0.3, -0.25) is 9.69 Å². The molecule has 1 aliphatic rings. The summed E-state index contributed by atoms with van der Waals surface area (Å²) in [5.74, 6) is 1.61. The van der Waals surface area contributed by atoms with Gasteiger partial charge in [-0.1, -0.05) is 48.5 Å². The van der Waals surface area contributed by atoms with Gasteiger partial charge in [-0.05, 0) is 29.8 Å². The Morgan fingerprint density at radius 3 is 2.11 bits per heavy atom. The number of hydrogen-bond acceptors (Lipinski definition) is 6. The number of para-hydroxylation sites is 1. The monoisotopic (exact) mass is 497 g/mol. The fourth-order valence-electron chi connectivity index (χ4n) is 4.85. The maximum atomic E-state index is 13.8. The third-order valence-corrected chi connectivity index (χ3v) is 6.82. The third kappa shape index (κ3) is 5.08. The van der Waals surface area contributed by atoms with E-state index in [-0.39, 0.29) is 5.91 Å². The average molecular weight is 498 g/mol. The second-order valence-electron chi connectivity index (χ2n) is 9.04. The SMILES string of the molecule is COc1cc(-c2cc(C(=O)N3CCN(Cc4ccccc4)CC3)c3ccccc3n2)cc(OC)c1OC. The van der Waals surface area contributed by atoms with Gasteiger partial charge >= 0.3 is 0 Å². The van der Waals surface area contributed by atoms with Crippen LogP contribution in [0.15, 0.2) is 72.8 Å². The number of methoxy groups -OCH3 is 3. The van der Waals surface area contributed by atoms with Gasteiger partial charge in [0, 0.05) is 43.7 Å². The number of piperazine rings is 1. The van der Waals surface area contributed by atoms with Gasteiger partial charge < -0.3 is 19.1 Å². The molecule has 3 aromatic carbocycles. The zero-order valence-electron chi connectivity index (χ0n) is 21.4. The Morgan fingerprint density at radius 1 is 0.811 bits per heavy atom. The Bertz CT molecular complexity index is 1370. The van der Waals surface area contributed by atoms with Crippen molar-refractivity contribution in [2.45, 2.75) is 6.54 Å². The number of nitrogens with zero attached hydrogens (tertiary/aromatic N) is 3. The number of hydrogen-bond donors (Lipinski definition) is 0. The van der Waals surface area contributed by atoms with Crippen LogP contribution in [0, 0.1) is 0 Å². The second-order valence-corrected chi connectivity index (χ2v) is 9.04. The van der Waals surface area contributed by atoms with Gasteiger partial charge in [-0.2, -0.15) is 0 Å². The Kier molecular flexibility index (Phi) is 7.23. The maximum Gasteiger partial charge on any atom is 0.254 e. The van der Waals surface area contributed by atoms with Crippen LogP contribution < -0.4 is 14.2 Å².